The highest BCUT2D eigenvalue weighted by Crippen LogP contribution is 2.35. The Morgan fingerprint density at radius 3 is 2.27 bits per heavy atom. The van der Waals surface area contributed by atoms with E-state index < -0.39 is 0 Å². The smallest absolute Gasteiger partial charge is 0.251 e. The maximum Gasteiger partial charge on any atom is 0.251 e. The molecule has 4 heteroatoms. The lowest BCUT2D eigenvalue weighted by molar-refractivity contribution is 0.0487. The number of aryl methyl sites for hydroxylation is 2. The van der Waals surface area contributed by atoms with Crippen LogP contribution in [0.2, 0.25) is 0 Å². The number of rotatable bonds is 5. The van der Waals surface area contributed by atoms with E-state index in [2.05, 4.69) is 23.5 Å². The van der Waals surface area contributed by atoms with Gasteiger partial charge >= 0.3 is 0 Å². The summed E-state index contributed by atoms with van der Waals surface area (Å²) in [7, 11) is 1.67. The molecule has 0 saturated carbocycles. The van der Waals surface area contributed by atoms with E-state index in [1.165, 1.54) is 5.56 Å². The molecular weight excluding hydrogens is 326 g/mol. The van der Waals surface area contributed by atoms with Crippen molar-refractivity contribution in [3.63, 3.8) is 0 Å². The highest BCUT2D eigenvalue weighted by molar-refractivity contribution is 5.94. The first-order valence-corrected chi connectivity index (χ1v) is 9.11. The number of amides is 1. The summed E-state index contributed by atoms with van der Waals surface area (Å²) in [5, 5.41) is 3.17. The van der Waals surface area contributed by atoms with Crippen molar-refractivity contribution in [2.24, 2.45) is 0 Å². The van der Waals surface area contributed by atoms with E-state index in [9.17, 15) is 4.79 Å². The number of nitrogens with one attached hydrogen (secondary N) is 1. The average Bonchev–Trinajstić information content (AvgIpc) is 2.66. The zero-order valence-corrected chi connectivity index (χ0v) is 15.8. The Kier molecular flexibility index (Phi) is 5.62. The van der Waals surface area contributed by atoms with Crippen LogP contribution in [0.5, 0.6) is 5.75 Å². The number of ether oxygens (including phenoxy) is 2. The van der Waals surface area contributed by atoms with Gasteiger partial charge in [0.1, 0.15) is 5.75 Å². The molecule has 0 aliphatic carbocycles. The second-order valence-corrected chi connectivity index (χ2v) is 7.18. The Bertz CT molecular complexity index is 741. The summed E-state index contributed by atoms with van der Waals surface area (Å²) in [5.74, 6) is 0.825. The summed E-state index contributed by atoms with van der Waals surface area (Å²) in [6.07, 6.45) is 1.79. The molecule has 3 rings (SSSR count). The van der Waals surface area contributed by atoms with Gasteiger partial charge in [-0.3, -0.25) is 4.79 Å². The van der Waals surface area contributed by atoms with Crippen LogP contribution in [0.3, 0.4) is 0 Å². The van der Waals surface area contributed by atoms with Crippen molar-refractivity contribution in [1.82, 2.24) is 5.32 Å². The Balaban J connectivity index is 1.78. The summed E-state index contributed by atoms with van der Waals surface area (Å²) >= 11 is 0. The molecule has 0 aromatic heterocycles. The number of hydrogen-bond acceptors (Lipinski definition) is 3. The summed E-state index contributed by atoms with van der Waals surface area (Å²) in [4.78, 5) is 12.7. The number of benzene rings is 2. The highest BCUT2D eigenvalue weighted by Gasteiger charge is 2.35. The van der Waals surface area contributed by atoms with Crippen LogP contribution in [0.1, 0.15) is 39.9 Å². The summed E-state index contributed by atoms with van der Waals surface area (Å²) in [6, 6.07) is 14.1. The van der Waals surface area contributed by atoms with Gasteiger partial charge in [-0.2, -0.15) is 0 Å². The fourth-order valence-electron chi connectivity index (χ4n) is 3.73. The van der Waals surface area contributed by atoms with Crippen molar-refractivity contribution < 1.29 is 14.3 Å². The van der Waals surface area contributed by atoms with Gasteiger partial charge in [-0.1, -0.05) is 29.3 Å². The molecule has 1 amide bonds. The summed E-state index contributed by atoms with van der Waals surface area (Å²) in [5.41, 5.74) is 4.05. The molecule has 1 aliphatic heterocycles. The van der Waals surface area contributed by atoms with Gasteiger partial charge < -0.3 is 14.8 Å². The van der Waals surface area contributed by atoms with E-state index in [1.54, 1.807) is 7.11 Å². The van der Waals surface area contributed by atoms with Crippen LogP contribution >= 0.6 is 0 Å². The molecule has 0 bridgehead atoms. The topological polar surface area (TPSA) is 47.6 Å². The zero-order valence-electron chi connectivity index (χ0n) is 15.8. The first kappa shape index (κ1) is 18.5. The van der Waals surface area contributed by atoms with E-state index in [-0.39, 0.29) is 11.3 Å². The van der Waals surface area contributed by atoms with Crippen LogP contribution in [0, 0.1) is 13.8 Å². The molecular formula is C22H27NO3. The molecule has 0 radical (unpaired) electrons. The molecule has 1 fully saturated rings. The number of carbonyl (C=O) groups is 1. The maximum absolute atomic E-state index is 12.7. The lowest BCUT2D eigenvalue weighted by Crippen LogP contribution is -2.44. The predicted molar refractivity (Wildman–Crippen MR) is 103 cm³/mol. The summed E-state index contributed by atoms with van der Waals surface area (Å²) < 4.78 is 10.9. The zero-order chi connectivity index (χ0) is 18.6. The second-order valence-electron chi connectivity index (χ2n) is 7.18. The first-order valence-electron chi connectivity index (χ1n) is 9.11. The Labute approximate surface area is 155 Å². The Morgan fingerprint density at radius 1 is 1.08 bits per heavy atom. The van der Waals surface area contributed by atoms with Gasteiger partial charge in [0.15, 0.2) is 0 Å². The van der Waals surface area contributed by atoms with E-state index in [0.29, 0.717) is 19.8 Å². The normalized spacial score (nSPS) is 16.1. The maximum atomic E-state index is 12.7. The monoisotopic (exact) mass is 353 g/mol. The molecule has 26 heavy (non-hydrogen) atoms. The third kappa shape index (κ3) is 4.07. The van der Waals surface area contributed by atoms with E-state index in [4.69, 9.17) is 9.47 Å². The lowest BCUT2D eigenvalue weighted by Gasteiger charge is -2.38. The van der Waals surface area contributed by atoms with Crippen molar-refractivity contribution in [3.8, 4) is 5.75 Å². The van der Waals surface area contributed by atoms with E-state index in [0.717, 1.165) is 35.3 Å². The van der Waals surface area contributed by atoms with Crippen molar-refractivity contribution in [3.05, 3.63) is 64.7 Å². The molecule has 1 saturated heterocycles. The molecule has 4 nitrogen and oxygen atoms in total. The Hall–Kier alpha value is -2.33. The number of methoxy groups -OCH3 is 1. The molecule has 2 aromatic carbocycles. The van der Waals surface area contributed by atoms with Crippen molar-refractivity contribution in [2.45, 2.75) is 32.1 Å². The minimum absolute atomic E-state index is 0.0174. The van der Waals surface area contributed by atoms with Gasteiger partial charge in [0.25, 0.3) is 5.91 Å². The third-order valence-electron chi connectivity index (χ3n) is 5.22. The van der Waals surface area contributed by atoms with Crippen molar-refractivity contribution >= 4 is 5.91 Å². The van der Waals surface area contributed by atoms with Gasteiger partial charge in [-0.15, -0.1) is 0 Å². The van der Waals surface area contributed by atoms with Crippen LogP contribution in [-0.2, 0) is 10.2 Å². The predicted octanol–water partition coefficient (Wildman–Crippen LogP) is 3.79. The molecule has 0 spiro atoms. The highest BCUT2D eigenvalue weighted by atomic mass is 16.5. The number of hydrogen-bond donors (Lipinski definition) is 1. The lowest BCUT2D eigenvalue weighted by atomic mass is 9.74. The van der Waals surface area contributed by atoms with E-state index in [1.807, 2.05) is 38.1 Å². The molecule has 138 valence electrons. The van der Waals surface area contributed by atoms with Gasteiger partial charge in [-0.25, -0.2) is 0 Å². The van der Waals surface area contributed by atoms with Gasteiger partial charge in [-0.05, 0) is 56.5 Å². The summed E-state index contributed by atoms with van der Waals surface area (Å²) in [6.45, 7) is 6.06. The fourth-order valence-corrected chi connectivity index (χ4v) is 3.73. The standard InChI is InChI=1S/C22H27NO3/c1-16-12-17(2)14-18(13-16)21(24)23-15-22(8-10-26-11-9-22)19-4-6-20(25-3)7-5-19/h4-7,12-14H,8-11,15H2,1-3H3,(H,23,24). The van der Waals surface area contributed by atoms with Gasteiger partial charge in [0, 0.05) is 30.7 Å². The molecule has 0 unspecified atom stereocenters. The minimum atomic E-state index is -0.0982. The first-order chi connectivity index (χ1) is 12.5. The average molecular weight is 353 g/mol. The van der Waals surface area contributed by atoms with Crippen LogP contribution in [0.15, 0.2) is 42.5 Å². The van der Waals surface area contributed by atoms with Crippen molar-refractivity contribution in [2.75, 3.05) is 26.9 Å². The molecule has 1 heterocycles. The quantitative estimate of drug-likeness (QED) is 0.890. The largest absolute Gasteiger partial charge is 0.497 e. The fraction of sp³-hybridized carbons (Fsp3) is 0.409. The molecule has 1 aliphatic rings. The van der Waals surface area contributed by atoms with E-state index >= 15 is 0 Å². The molecule has 0 atom stereocenters. The molecule has 2 aromatic rings. The SMILES string of the molecule is COc1ccc(C2(CNC(=O)c3cc(C)cc(C)c3)CCOCC2)cc1. The van der Waals surface area contributed by atoms with Gasteiger partial charge in [0.05, 0.1) is 7.11 Å². The van der Waals surface area contributed by atoms with Crippen LogP contribution in [0.25, 0.3) is 0 Å². The second kappa shape index (κ2) is 7.92. The van der Waals surface area contributed by atoms with Crippen LogP contribution in [0.4, 0.5) is 0 Å². The Morgan fingerprint density at radius 2 is 1.69 bits per heavy atom. The third-order valence-corrected chi connectivity index (χ3v) is 5.22. The van der Waals surface area contributed by atoms with Crippen LogP contribution in [-0.4, -0.2) is 32.8 Å². The van der Waals surface area contributed by atoms with Gasteiger partial charge in [0.2, 0.25) is 0 Å². The van der Waals surface area contributed by atoms with Crippen LogP contribution < -0.4 is 10.1 Å². The minimum Gasteiger partial charge on any atom is -0.497 e. The number of carbonyl (C=O) groups excluding carboxylic acids is 1. The molecule has 1 N–H and O–H groups in total. The van der Waals surface area contributed by atoms with Crippen molar-refractivity contribution in [1.29, 1.82) is 0 Å².